The van der Waals surface area contributed by atoms with Crippen LogP contribution in [0.3, 0.4) is 0 Å². The number of nitrogens with one attached hydrogen (secondary N) is 1. The van der Waals surface area contributed by atoms with E-state index < -0.39 is 0 Å². The Bertz CT molecular complexity index is 491. The summed E-state index contributed by atoms with van der Waals surface area (Å²) in [6.07, 6.45) is 1.98. The first kappa shape index (κ1) is 19.1. The number of hydrogen-bond acceptors (Lipinski definition) is 3. The highest BCUT2D eigenvalue weighted by molar-refractivity contribution is 6.31. The summed E-state index contributed by atoms with van der Waals surface area (Å²) >= 11 is 5.98. The minimum Gasteiger partial charge on any atom is -0.484 e. The minimum absolute atomic E-state index is 0. The van der Waals surface area contributed by atoms with Crippen molar-refractivity contribution >= 4 is 29.9 Å². The van der Waals surface area contributed by atoms with Crippen molar-refractivity contribution in [3.63, 3.8) is 0 Å². The maximum absolute atomic E-state index is 12.4. The van der Waals surface area contributed by atoms with E-state index in [0.717, 1.165) is 38.0 Å². The molecular formula is C16H24Cl2N2O2. The summed E-state index contributed by atoms with van der Waals surface area (Å²) in [5, 5.41) is 4.01. The summed E-state index contributed by atoms with van der Waals surface area (Å²) in [5.74, 6) is 0.740. The van der Waals surface area contributed by atoms with Gasteiger partial charge in [0, 0.05) is 24.2 Å². The molecular weight excluding hydrogens is 323 g/mol. The normalized spacial score (nSPS) is 17.0. The summed E-state index contributed by atoms with van der Waals surface area (Å²) in [6, 6.07) is 5.75. The summed E-state index contributed by atoms with van der Waals surface area (Å²) in [5.41, 5.74) is 0.951. The number of carbonyl (C=O) groups is 1. The Morgan fingerprint density at radius 2 is 2.27 bits per heavy atom. The van der Waals surface area contributed by atoms with Gasteiger partial charge in [-0.1, -0.05) is 18.5 Å². The monoisotopic (exact) mass is 346 g/mol. The molecule has 0 aromatic heterocycles. The average Bonchev–Trinajstić information content (AvgIpc) is 2.99. The van der Waals surface area contributed by atoms with Gasteiger partial charge in [-0.2, -0.15) is 0 Å². The van der Waals surface area contributed by atoms with Crippen LogP contribution in [-0.4, -0.2) is 43.1 Å². The van der Waals surface area contributed by atoms with Gasteiger partial charge >= 0.3 is 0 Å². The minimum atomic E-state index is 0. The molecule has 22 heavy (non-hydrogen) atoms. The molecule has 1 aromatic carbocycles. The van der Waals surface area contributed by atoms with Gasteiger partial charge in [0.2, 0.25) is 0 Å². The van der Waals surface area contributed by atoms with E-state index in [4.69, 9.17) is 16.3 Å². The van der Waals surface area contributed by atoms with Crippen molar-refractivity contribution in [3.8, 4) is 5.75 Å². The van der Waals surface area contributed by atoms with E-state index in [1.807, 2.05) is 17.9 Å². The molecule has 2 rings (SSSR count). The second-order valence-electron chi connectivity index (χ2n) is 5.43. The van der Waals surface area contributed by atoms with E-state index in [1.54, 1.807) is 12.1 Å². The molecule has 1 amide bonds. The first-order valence-corrected chi connectivity index (χ1v) is 7.88. The van der Waals surface area contributed by atoms with Gasteiger partial charge in [0.25, 0.3) is 5.91 Å². The molecule has 1 heterocycles. The number of aryl methyl sites for hydroxylation is 1. The van der Waals surface area contributed by atoms with Crippen LogP contribution in [0.2, 0.25) is 5.02 Å². The summed E-state index contributed by atoms with van der Waals surface area (Å²) < 4.78 is 5.62. The lowest BCUT2D eigenvalue weighted by Crippen LogP contribution is -2.44. The molecule has 0 aliphatic carbocycles. The van der Waals surface area contributed by atoms with Crippen molar-refractivity contribution in [2.24, 2.45) is 0 Å². The van der Waals surface area contributed by atoms with Gasteiger partial charge in [-0.25, -0.2) is 0 Å². The quantitative estimate of drug-likeness (QED) is 0.860. The smallest absolute Gasteiger partial charge is 0.260 e. The van der Waals surface area contributed by atoms with Gasteiger partial charge in [0.15, 0.2) is 6.61 Å². The Morgan fingerprint density at radius 3 is 2.86 bits per heavy atom. The molecule has 4 nitrogen and oxygen atoms in total. The number of carbonyl (C=O) groups excluding carboxylic acids is 1. The predicted octanol–water partition coefficient (Wildman–Crippen LogP) is 3.05. The Kier molecular flexibility index (Phi) is 8.01. The van der Waals surface area contributed by atoms with E-state index in [9.17, 15) is 4.79 Å². The number of ether oxygens (including phenoxy) is 1. The molecule has 6 heteroatoms. The summed E-state index contributed by atoms with van der Waals surface area (Å²) in [4.78, 5) is 14.3. The van der Waals surface area contributed by atoms with Crippen molar-refractivity contribution in [3.05, 3.63) is 28.8 Å². The van der Waals surface area contributed by atoms with Gasteiger partial charge in [0.05, 0.1) is 0 Å². The lowest BCUT2D eigenvalue weighted by Gasteiger charge is -2.28. The number of hydrogen-bond donors (Lipinski definition) is 1. The van der Waals surface area contributed by atoms with E-state index >= 15 is 0 Å². The van der Waals surface area contributed by atoms with E-state index in [1.165, 1.54) is 0 Å². The van der Waals surface area contributed by atoms with Crippen molar-refractivity contribution in [1.82, 2.24) is 10.2 Å². The summed E-state index contributed by atoms with van der Waals surface area (Å²) in [7, 11) is 0. The third-order valence-corrected chi connectivity index (χ3v) is 4.18. The number of amides is 1. The fourth-order valence-electron chi connectivity index (χ4n) is 2.59. The highest BCUT2D eigenvalue weighted by Crippen LogP contribution is 2.21. The molecule has 0 bridgehead atoms. The topological polar surface area (TPSA) is 41.6 Å². The molecule has 1 saturated heterocycles. The van der Waals surface area contributed by atoms with Crippen molar-refractivity contribution < 1.29 is 9.53 Å². The number of halogens is 2. The molecule has 0 radical (unpaired) electrons. The SMILES string of the molecule is CCCN(C(=O)COc1ccc(Cl)c(C)c1)C1CCNC1.Cl. The molecule has 1 aliphatic heterocycles. The molecule has 1 unspecified atom stereocenters. The number of nitrogens with zero attached hydrogens (tertiary/aromatic N) is 1. The van der Waals surface area contributed by atoms with Crippen LogP contribution in [0.1, 0.15) is 25.3 Å². The average molecular weight is 347 g/mol. The predicted molar refractivity (Wildman–Crippen MR) is 92.2 cm³/mol. The number of benzene rings is 1. The third-order valence-electron chi connectivity index (χ3n) is 3.75. The van der Waals surface area contributed by atoms with Crippen molar-refractivity contribution in [2.45, 2.75) is 32.7 Å². The van der Waals surface area contributed by atoms with Crippen LogP contribution >= 0.6 is 24.0 Å². The fraction of sp³-hybridized carbons (Fsp3) is 0.562. The molecule has 1 fully saturated rings. The van der Waals surface area contributed by atoms with E-state index in [-0.39, 0.29) is 24.9 Å². The molecule has 124 valence electrons. The van der Waals surface area contributed by atoms with E-state index in [2.05, 4.69) is 12.2 Å². The zero-order valence-electron chi connectivity index (χ0n) is 13.1. The van der Waals surface area contributed by atoms with Gasteiger partial charge in [-0.3, -0.25) is 4.79 Å². The Balaban J connectivity index is 0.00000242. The fourth-order valence-corrected chi connectivity index (χ4v) is 2.71. The Morgan fingerprint density at radius 1 is 1.50 bits per heavy atom. The van der Waals surface area contributed by atoms with Crippen LogP contribution < -0.4 is 10.1 Å². The van der Waals surface area contributed by atoms with Gasteiger partial charge in [0.1, 0.15) is 5.75 Å². The first-order valence-electron chi connectivity index (χ1n) is 7.51. The lowest BCUT2D eigenvalue weighted by atomic mass is 10.2. The molecule has 1 atom stereocenters. The molecule has 1 aliphatic rings. The van der Waals surface area contributed by atoms with Crippen molar-refractivity contribution in [2.75, 3.05) is 26.2 Å². The second-order valence-corrected chi connectivity index (χ2v) is 5.84. The van der Waals surface area contributed by atoms with E-state index in [0.29, 0.717) is 16.8 Å². The second kappa shape index (κ2) is 9.23. The molecule has 0 spiro atoms. The van der Waals surface area contributed by atoms with Crippen LogP contribution in [0.4, 0.5) is 0 Å². The molecule has 0 saturated carbocycles. The van der Waals surface area contributed by atoms with Gasteiger partial charge in [-0.15, -0.1) is 12.4 Å². The Hall–Kier alpha value is -0.970. The zero-order valence-corrected chi connectivity index (χ0v) is 14.7. The van der Waals surface area contributed by atoms with Crippen LogP contribution in [-0.2, 0) is 4.79 Å². The summed E-state index contributed by atoms with van der Waals surface area (Å²) in [6.45, 7) is 6.74. The molecule has 1 aromatic rings. The van der Waals surface area contributed by atoms with Gasteiger partial charge in [-0.05, 0) is 50.1 Å². The third kappa shape index (κ3) is 5.04. The highest BCUT2D eigenvalue weighted by Gasteiger charge is 2.25. The van der Waals surface area contributed by atoms with Crippen LogP contribution in [0.5, 0.6) is 5.75 Å². The van der Waals surface area contributed by atoms with Crippen LogP contribution in [0.25, 0.3) is 0 Å². The van der Waals surface area contributed by atoms with Crippen LogP contribution in [0, 0.1) is 6.92 Å². The van der Waals surface area contributed by atoms with Gasteiger partial charge < -0.3 is 15.0 Å². The maximum atomic E-state index is 12.4. The van der Waals surface area contributed by atoms with Crippen LogP contribution in [0.15, 0.2) is 18.2 Å². The zero-order chi connectivity index (χ0) is 15.2. The maximum Gasteiger partial charge on any atom is 0.260 e. The molecule has 1 N–H and O–H groups in total. The van der Waals surface area contributed by atoms with Crippen molar-refractivity contribution in [1.29, 1.82) is 0 Å². The largest absolute Gasteiger partial charge is 0.484 e. The first-order chi connectivity index (χ1) is 10.1. The number of rotatable bonds is 6. The lowest BCUT2D eigenvalue weighted by molar-refractivity contribution is -0.135. The highest BCUT2D eigenvalue weighted by atomic mass is 35.5. The standard InChI is InChI=1S/C16H23ClN2O2.ClH/c1-3-8-19(13-6-7-18-10-13)16(20)11-21-14-4-5-15(17)12(2)9-14;/h4-5,9,13,18H,3,6-8,10-11H2,1-2H3;1H. The Labute approximate surface area is 143 Å².